The van der Waals surface area contributed by atoms with Crippen LogP contribution in [0.5, 0.6) is 0 Å². The van der Waals surface area contributed by atoms with E-state index in [2.05, 4.69) is 4.72 Å². The highest BCUT2D eigenvalue weighted by molar-refractivity contribution is 7.92. The van der Waals surface area contributed by atoms with Crippen LogP contribution in [0.1, 0.15) is 10.4 Å². The van der Waals surface area contributed by atoms with E-state index in [1.165, 1.54) is 30.3 Å². The van der Waals surface area contributed by atoms with Crippen LogP contribution in [0, 0.1) is 5.82 Å². The highest BCUT2D eigenvalue weighted by Gasteiger charge is 2.12. The Hall–Kier alpha value is -2.12. The Balaban J connectivity index is 2.40. The summed E-state index contributed by atoms with van der Waals surface area (Å²) in [6.45, 7) is 0. The van der Waals surface area contributed by atoms with Gasteiger partial charge >= 0.3 is 5.97 Å². The van der Waals surface area contributed by atoms with Gasteiger partial charge in [0.05, 0.1) is 22.5 Å². The van der Waals surface area contributed by atoms with Crippen molar-refractivity contribution in [3.63, 3.8) is 0 Å². The molecule has 0 atom stereocenters. The summed E-state index contributed by atoms with van der Waals surface area (Å²) in [5.41, 5.74) is 0.732. The average molecular weight is 344 g/mol. The zero-order chi connectivity index (χ0) is 16.5. The molecule has 0 saturated heterocycles. The number of rotatable bonds is 4. The summed E-state index contributed by atoms with van der Waals surface area (Å²) in [5.74, 6) is -1.91. The van der Waals surface area contributed by atoms with Gasteiger partial charge in [0, 0.05) is 0 Å². The molecule has 116 valence electrons. The Morgan fingerprint density at radius 3 is 2.27 bits per heavy atom. The molecule has 2 rings (SSSR count). The lowest BCUT2D eigenvalue weighted by Crippen LogP contribution is -2.10. The highest BCUT2D eigenvalue weighted by Crippen LogP contribution is 2.28. The molecule has 0 bridgehead atoms. The zero-order valence-electron chi connectivity index (χ0n) is 11.3. The van der Waals surface area contributed by atoms with Crippen LogP contribution in [-0.2, 0) is 10.0 Å². The number of nitrogens with one attached hydrogen (secondary N) is 1. The molecule has 2 aromatic rings. The van der Waals surface area contributed by atoms with Crippen molar-refractivity contribution in [2.75, 3.05) is 11.0 Å². The summed E-state index contributed by atoms with van der Waals surface area (Å²) in [4.78, 5) is 10.9. The number of carbonyl (C=O) groups is 1. The molecule has 8 heteroatoms. The number of carboxylic acids is 1. The van der Waals surface area contributed by atoms with Crippen molar-refractivity contribution in [1.29, 1.82) is 0 Å². The van der Waals surface area contributed by atoms with Crippen molar-refractivity contribution in [2.24, 2.45) is 0 Å². The summed E-state index contributed by atoms with van der Waals surface area (Å²) >= 11 is 5.87. The van der Waals surface area contributed by atoms with Crippen molar-refractivity contribution < 1.29 is 22.7 Å². The van der Waals surface area contributed by atoms with E-state index < -0.39 is 21.8 Å². The predicted molar refractivity (Wildman–Crippen MR) is 82.3 cm³/mol. The molecule has 2 N–H and O–H groups in total. The smallest absolute Gasteiger partial charge is 0.337 e. The van der Waals surface area contributed by atoms with Gasteiger partial charge in [0.2, 0.25) is 10.0 Å². The Kier molecular flexibility index (Phi) is 4.39. The predicted octanol–water partition coefficient (Wildman–Crippen LogP) is 3.22. The second kappa shape index (κ2) is 5.94. The van der Waals surface area contributed by atoms with Gasteiger partial charge in [-0.15, -0.1) is 0 Å². The average Bonchev–Trinajstić information content (AvgIpc) is 2.39. The van der Waals surface area contributed by atoms with Gasteiger partial charge in [-0.3, -0.25) is 4.72 Å². The normalized spacial score (nSPS) is 11.2. The van der Waals surface area contributed by atoms with E-state index in [0.717, 1.165) is 12.3 Å². The summed E-state index contributed by atoms with van der Waals surface area (Å²) in [7, 11) is -3.58. The van der Waals surface area contributed by atoms with E-state index in [9.17, 15) is 17.6 Å². The van der Waals surface area contributed by atoms with Gasteiger partial charge in [0.15, 0.2) is 0 Å². The molecule has 5 nitrogen and oxygen atoms in total. The number of aromatic carboxylic acids is 1. The molecule has 0 heterocycles. The number of halogens is 2. The van der Waals surface area contributed by atoms with Crippen molar-refractivity contribution in [1.82, 2.24) is 0 Å². The van der Waals surface area contributed by atoms with E-state index in [1.807, 2.05) is 0 Å². The molecule has 0 aliphatic rings. The third-order valence-corrected chi connectivity index (χ3v) is 3.70. The Morgan fingerprint density at radius 2 is 1.77 bits per heavy atom. The van der Waals surface area contributed by atoms with Crippen LogP contribution in [0.3, 0.4) is 0 Å². The number of sulfonamides is 1. The standard InChI is InChI=1S/C14H11ClFNO4S/c1-22(20,21)17-13-5-3-9(7-12(13)16)8-2-4-10(14(18)19)11(15)6-8/h2-7,17H,1H3,(H,18,19). The number of anilines is 1. The fourth-order valence-corrected chi connectivity index (χ4v) is 2.67. The van der Waals surface area contributed by atoms with Gasteiger partial charge in [0.25, 0.3) is 0 Å². The first-order chi connectivity index (χ1) is 10.2. The lowest BCUT2D eigenvalue weighted by molar-refractivity contribution is 0.0697. The number of hydrogen-bond donors (Lipinski definition) is 2. The molecular formula is C14H11ClFNO4S. The second-order valence-corrected chi connectivity index (χ2v) is 6.72. The summed E-state index contributed by atoms with van der Waals surface area (Å²) in [6, 6.07) is 8.14. The van der Waals surface area contributed by atoms with Gasteiger partial charge in [-0.25, -0.2) is 17.6 Å². The van der Waals surface area contributed by atoms with Gasteiger partial charge < -0.3 is 5.11 Å². The first-order valence-corrected chi connectivity index (χ1v) is 8.25. The fraction of sp³-hybridized carbons (Fsp3) is 0.0714. The lowest BCUT2D eigenvalue weighted by atomic mass is 10.0. The number of hydrogen-bond acceptors (Lipinski definition) is 3. The van der Waals surface area contributed by atoms with Crippen molar-refractivity contribution in [3.8, 4) is 11.1 Å². The number of benzene rings is 2. The summed E-state index contributed by atoms with van der Waals surface area (Å²) < 4.78 is 38.2. The quantitative estimate of drug-likeness (QED) is 0.892. The first kappa shape index (κ1) is 16.3. The molecule has 0 spiro atoms. The maximum atomic E-state index is 13.9. The van der Waals surface area contributed by atoms with Crippen LogP contribution in [0.25, 0.3) is 11.1 Å². The minimum absolute atomic E-state index is 0.0312. The fourth-order valence-electron chi connectivity index (χ4n) is 1.85. The van der Waals surface area contributed by atoms with E-state index >= 15 is 0 Å². The third-order valence-electron chi connectivity index (χ3n) is 2.80. The molecule has 0 radical (unpaired) electrons. The number of carboxylic acid groups (broad SMARTS) is 1. The monoisotopic (exact) mass is 343 g/mol. The molecule has 0 unspecified atom stereocenters. The second-order valence-electron chi connectivity index (χ2n) is 4.57. The van der Waals surface area contributed by atoms with Crippen LogP contribution in [0.4, 0.5) is 10.1 Å². The van der Waals surface area contributed by atoms with Crippen molar-refractivity contribution in [3.05, 3.63) is 52.8 Å². The molecule has 0 aromatic heterocycles. The van der Waals surface area contributed by atoms with E-state index in [0.29, 0.717) is 11.1 Å². The van der Waals surface area contributed by atoms with E-state index in [-0.39, 0.29) is 16.3 Å². The minimum Gasteiger partial charge on any atom is -0.478 e. The highest BCUT2D eigenvalue weighted by atomic mass is 35.5. The van der Waals surface area contributed by atoms with Crippen LogP contribution >= 0.6 is 11.6 Å². The molecule has 0 amide bonds. The van der Waals surface area contributed by atoms with Crippen LogP contribution in [-0.4, -0.2) is 25.7 Å². The molecule has 22 heavy (non-hydrogen) atoms. The molecule has 0 aliphatic carbocycles. The van der Waals surface area contributed by atoms with Gasteiger partial charge in [-0.05, 0) is 35.4 Å². The van der Waals surface area contributed by atoms with E-state index in [4.69, 9.17) is 16.7 Å². The van der Waals surface area contributed by atoms with Crippen LogP contribution in [0.2, 0.25) is 5.02 Å². The Bertz CT molecular complexity index is 852. The van der Waals surface area contributed by atoms with Crippen LogP contribution in [0.15, 0.2) is 36.4 Å². The van der Waals surface area contributed by atoms with Crippen molar-refractivity contribution >= 4 is 33.3 Å². The maximum absolute atomic E-state index is 13.9. The zero-order valence-corrected chi connectivity index (χ0v) is 12.9. The SMILES string of the molecule is CS(=O)(=O)Nc1ccc(-c2ccc(C(=O)O)c(Cl)c2)cc1F. The topological polar surface area (TPSA) is 83.5 Å². The third kappa shape index (κ3) is 3.75. The Labute approximate surface area is 131 Å². The van der Waals surface area contributed by atoms with Gasteiger partial charge in [-0.2, -0.15) is 0 Å². The van der Waals surface area contributed by atoms with Crippen LogP contribution < -0.4 is 4.72 Å². The molecule has 2 aromatic carbocycles. The summed E-state index contributed by atoms with van der Waals surface area (Å²) in [5, 5.41) is 8.94. The Morgan fingerprint density at radius 1 is 1.18 bits per heavy atom. The molecular weight excluding hydrogens is 333 g/mol. The molecule has 0 aliphatic heterocycles. The van der Waals surface area contributed by atoms with Gasteiger partial charge in [0.1, 0.15) is 5.82 Å². The van der Waals surface area contributed by atoms with Gasteiger partial charge in [-0.1, -0.05) is 23.7 Å². The maximum Gasteiger partial charge on any atom is 0.337 e. The van der Waals surface area contributed by atoms with E-state index in [1.54, 1.807) is 0 Å². The minimum atomic E-state index is -3.58. The largest absolute Gasteiger partial charge is 0.478 e. The first-order valence-electron chi connectivity index (χ1n) is 5.98. The molecule has 0 fully saturated rings. The molecule has 0 saturated carbocycles. The van der Waals surface area contributed by atoms with Crippen molar-refractivity contribution in [2.45, 2.75) is 0 Å². The summed E-state index contributed by atoms with van der Waals surface area (Å²) in [6.07, 6.45) is 0.921. The lowest BCUT2D eigenvalue weighted by Gasteiger charge is -2.08.